The van der Waals surface area contributed by atoms with Crippen molar-refractivity contribution < 1.29 is 4.79 Å². The lowest BCUT2D eigenvalue weighted by Gasteiger charge is -2.06. The molecule has 0 unspecified atom stereocenters. The van der Waals surface area contributed by atoms with Crippen molar-refractivity contribution in [1.82, 2.24) is 20.4 Å². The molecular weight excluding hydrogens is 240 g/mol. The Balaban J connectivity index is 2.21. The second-order valence-corrected chi connectivity index (χ2v) is 4.17. The molecule has 0 aliphatic carbocycles. The van der Waals surface area contributed by atoms with E-state index in [1.54, 1.807) is 24.0 Å². The third-order valence-electron chi connectivity index (χ3n) is 2.80. The molecule has 0 aliphatic rings. The second kappa shape index (κ2) is 6.15. The monoisotopic (exact) mass is 258 g/mol. The van der Waals surface area contributed by atoms with Crippen LogP contribution < -0.4 is 10.6 Å². The zero-order chi connectivity index (χ0) is 13.7. The Hall–Kier alpha value is -2.14. The van der Waals surface area contributed by atoms with Gasteiger partial charge in [-0.05, 0) is 30.3 Å². The number of nitrogens with zero attached hydrogens (tertiary/aromatic N) is 2. The number of carbonyl (C=O) groups excluding carboxylic acids is 1. The SMILES string of the molecule is CCNCc1cccc(-n2ccc(C(=O)NC)n2)c1. The van der Waals surface area contributed by atoms with Crippen molar-refractivity contribution in [3.05, 3.63) is 47.8 Å². The third-order valence-corrected chi connectivity index (χ3v) is 2.80. The molecule has 0 spiro atoms. The standard InChI is InChI=1S/C14H18N4O/c1-3-16-10-11-5-4-6-12(9-11)18-8-7-13(17-18)14(19)15-2/h4-9,16H,3,10H2,1-2H3,(H,15,19). The lowest BCUT2D eigenvalue weighted by atomic mass is 10.2. The molecule has 1 amide bonds. The van der Waals surface area contributed by atoms with Gasteiger partial charge in [0, 0.05) is 19.8 Å². The highest BCUT2D eigenvalue weighted by atomic mass is 16.1. The van der Waals surface area contributed by atoms with Crippen molar-refractivity contribution >= 4 is 5.91 Å². The van der Waals surface area contributed by atoms with Crippen molar-refractivity contribution in [1.29, 1.82) is 0 Å². The Morgan fingerprint density at radius 1 is 1.37 bits per heavy atom. The fourth-order valence-corrected chi connectivity index (χ4v) is 1.80. The van der Waals surface area contributed by atoms with Crippen LogP contribution in [0.4, 0.5) is 0 Å². The van der Waals surface area contributed by atoms with Gasteiger partial charge in [0.15, 0.2) is 5.69 Å². The second-order valence-electron chi connectivity index (χ2n) is 4.17. The van der Waals surface area contributed by atoms with E-state index in [2.05, 4.69) is 34.8 Å². The maximum Gasteiger partial charge on any atom is 0.271 e. The lowest BCUT2D eigenvalue weighted by molar-refractivity contribution is 0.0957. The van der Waals surface area contributed by atoms with Gasteiger partial charge in [-0.15, -0.1) is 0 Å². The first kappa shape index (κ1) is 13.3. The van der Waals surface area contributed by atoms with Crippen molar-refractivity contribution in [2.45, 2.75) is 13.5 Å². The van der Waals surface area contributed by atoms with Crippen molar-refractivity contribution in [3.8, 4) is 5.69 Å². The maximum atomic E-state index is 11.5. The van der Waals surface area contributed by atoms with Crippen molar-refractivity contribution in [2.75, 3.05) is 13.6 Å². The Labute approximate surface area is 112 Å². The molecule has 0 fully saturated rings. The van der Waals surface area contributed by atoms with Crippen LogP contribution in [-0.4, -0.2) is 29.3 Å². The van der Waals surface area contributed by atoms with E-state index < -0.39 is 0 Å². The van der Waals surface area contributed by atoms with Gasteiger partial charge in [0.05, 0.1) is 5.69 Å². The van der Waals surface area contributed by atoms with Gasteiger partial charge in [0.2, 0.25) is 0 Å². The fraction of sp³-hybridized carbons (Fsp3) is 0.286. The summed E-state index contributed by atoms with van der Waals surface area (Å²) in [5.74, 6) is -0.178. The van der Waals surface area contributed by atoms with Gasteiger partial charge < -0.3 is 10.6 Å². The highest BCUT2D eigenvalue weighted by Crippen LogP contribution is 2.10. The van der Waals surface area contributed by atoms with Gasteiger partial charge in [0.25, 0.3) is 5.91 Å². The first-order valence-electron chi connectivity index (χ1n) is 6.32. The number of rotatable bonds is 5. The molecule has 19 heavy (non-hydrogen) atoms. The van der Waals surface area contributed by atoms with Crippen LogP contribution in [0.5, 0.6) is 0 Å². The quantitative estimate of drug-likeness (QED) is 0.851. The van der Waals surface area contributed by atoms with E-state index in [4.69, 9.17) is 0 Å². The summed E-state index contributed by atoms with van der Waals surface area (Å²) in [4.78, 5) is 11.5. The summed E-state index contributed by atoms with van der Waals surface area (Å²) < 4.78 is 1.71. The molecule has 100 valence electrons. The highest BCUT2D eigenvalue weighted by Gasteiger charge is 2.08. The van der Waals surface area contributed by atoms with Crippen LogP contribution in [-0.2, 0) is 6.54 Å². The maximum absolute atomic E-state index is 11.5. The van der Waals surface area contributed by atoms with E-state index in [0.717, 1.165) is 18.8 Å². The molecule has 1 aromatic carbocycles. The Morgan fingerprint density at radius 2 is 2.21 bits per heavy atom. The molecule has 1 heterocycles. The van der Waals surface area contributed by atoms with Gasteiger partial charge in [-0.2, -0.15) is 5.10 Å². The van der Waals surface area contributed by atoms with Crippen LogP contribution in [0.1, 0.15) is 23.0 Å². The number of aromatic nitrogens is 2. The summed E-state index contributed by atoms with van der Waals surface area (Å²) in [6.45, 7) is 3.84. The number of carbonyl (C=O) groups is 1. The van der Waals surface area contributed by atoms with Gasteiger partial charge in [0.1, 0.15) is 0 Å². The molecule has 1 aromatic heterocycles. The number of benzene rings is 1. The van der Waals surface area contributed by atoms with Crippen molar-refractivity contribution in [2.24, 2.45) is 0 Å². The van der Waals surface area contributed by atoms with Crippen LogP contribution in [0, 0.1) is 0 Å². The van der Waals surface area contributed by atoms with Crippen LogP contribution in [0.25, 0.3) is 5.69 Å². The summed E-state index contributed by atoms with van der Waals surface area (Å²) >= 11 is 0. The molecule has 2 aromatic rings. The number of nitrogens with one attached hydrogen (secondary N) is 2. The molecule has 0 bridgehead atoms. The Morgan fingerprint density at radius 3 is 2.95 bits per heavy atom. The number of hydrogen-bond acceptors (Lipinski definition) is 3. The normalized spacial score (nSPS) is 10.4. The summed E-state index contributed by atoms with van der Waals surface area (Å²) in [5, 5.41) is 10.1. The van der Waals surface area contributed by atoms with Crippen LogP contribution in [0.15, 0.2) is 36.5 Å². The largest absolute Gasteiger partial charge is 0.354 e. The molecule has 5 nitrogen and oxygen atoms in total. The molecule has 0 radical (unpaired) electrons. The first-order chi connectivity index (χ1) is 9.24. The van der Waals surface area contributed by atoms with E-state index in [1.165, 1.54) is 5.56 Å². The zero-order valence-corrected chi connectivity index (χ0v) is 11.2. The van der Waals surface area contributed by atoms with Gasteiger partial charge in [-0.3, -0.25) is 4.79 Å². The molecule has 2 rings (SSSR count). The average molecular weight is 258 g/mol. The van der Waals surface area contributed by atoms with Crippen LogP contribution >= 0.6 is 0 Å². The minimum absolute atomic E-state index is 0.178. The third kappa shape index (κ3) is 3.20. The van der Waals surface area contributed by atoms with E-state index in [1.807, 2.05) is 12.1 Å². The van der Waals surface area contributed by atoms with Crippen LogP contribution in [0.2, 0.25) is 0 Å². The Kier molecular flexibility index (Phi) is 4.30. The Bertz CT molecular complexity index is 562. The van der Waals surface area contributed by atoms with E-state index in [9.17, 15) is 4.79 Å². The molecule has 0 atom stereocenters. The van der Waals surface area contributed by atoms with Gasteiger partial charge in [-0.25, -0.2) is 4.68 Å². The van der Waals surface area contributed by atoms with E-state index in [-0.39, 0.29) is 5.91 Å². The topological polar surface area (TPSA) is 59.0 Å². The smallest absolute Gasteiger partial charge is 0.271 e. The zero-order valence-electron chi connectivity index (χ0n) is 11.2. The molecule has 2 N–H and O–H groups in total. The number of amides is 1. The minimum atomic E-state index is -0.178. The predicted molar refractivity (Wildman–Crippen MR) is 74.3 cm³/mol. The summed E-state index contributed by atoms with van der Waals surface area (Å²) in [5.41, 5.74) is 2.56. The molecule has 0 aliphatic heterocycles. The molecule has 0 saturated carbocycles. The molecular formula is C14H18N4O. The minimum Gasteiger partial charge on any atom is -0.354 e. The van der Waals surface area contributed by atoms with Crippen LogP contribution in [0.3, 0.4) is 0 Å². The lowest BCUT2D eigenvalue weighted by Crippen LogP contribution is -2.18. The van der Waals surface area contributed by atoms with Crippen molar-refractivity contribution in [3.63, 3.8) is 0 Å². The molecule has 0 saturated heterocycles. The van der Waals surface area contributed by atoms with Gasteiger partial charge >= 0.3 is 0 Å². The summed E-state index contributed by atoms with van der Waals surface area (Å²) in [6, 6.07) is 9.79. The highest BCUT2D eigenvalue weighted by molar-refractivity contribution is 5.91. The summed E-state index contributed by atoms with van der Waals surface area (Å²) in [7, 11) is 1.60. The van der Waals surface area contributed by atoms with Gasteiger partial charge in [-0.1, -0.05) is 19.1 Å². The van der Waals surface area contributed by atoms with E-state index >= 15 is 0 Å². The average Bonchev–Trinajstić information content (AvgIpc) is 2.94. The molecule has 5 heteroatoms. The number of hydrogen-bond donors (Lipinski definition) is 2. The summed E-state index contributed by atoms with van der Waals surface area (Å²) in [6.07, 6.45) is 1.79. The first-order valence-corrected chi connectivity index (χ1v) is 6.32. The van der Waals surface area contributed by atoms with E-state index in [0.29, 0.717) is 5.69 Å². The predicted octanol–water partition coefficient (Wildman–Crippen LogP) is 1.34. The fourth-order valence-electron chi connectivity index (χ4n) is 1.80.